The summed E-state index contributed by atoms with van der Waals surface area (Å²) in [5.41, 5.74) is -0.473. The summed E-state index contributed by atoms with van der Waals surface area (Å²) >= 11 is 0. The molecule has 0 aromatic heterocycles. The van der Waals surface area contributed by atoms with E-state index in [-0.39, 0.29) is 45.8 Å². The Morgan fingerprint density at radius 2 is 1.98 bits per heavy atom. The number of aliphatic hydroxyl groups is 2. The number of carbonyl (C=O) groups excluding carboxylic acids is 3. The van der Waals surface area contributed by atoms with Crippen molar-refractivity contribution in [3.63, 3.8) is 0 Å². The van der Waals surface area contributed by atoms with Crippen molar-refractivity contribution in [1.82, 2.24) is 10.4 Å². The fraction of sp³-hybridized carbons (Fsp3) is 0.633. The highest BCUT2D eigenvalue weighted by atomic mass is 16.8. The first-order valence-corrected chi connectivity index (χ1v) is 14.5. The predicted octanol–water partition coefficient (Wildman–Crippen LogP) is 0.807. The number of hydroxylamine groups is 2. The normalized spacial score (nSPS) is 30.5. The zero-order valence-electron chi connectivity index (χ0n) is 24.6. The number of aliphatic hydroxyl groups excluding tert-OH is 2. The molecule has 1 aromatic rings. The number of amides is 1. The van der Waals surface area contributed by atoms with Crippen LogP contribution in [0.1, 0.15) is 51.2 Å². The van der Waals surface area contributed by atoms with Crippen LogP contribution < -0.4 is 5.32 Å². The molecule has 7 unspecified atom stereocenters. The minimum atomic E-state index is -1.40. The lowest BCUT2D eigenvalue weighted by Crippen LogP contribution is -2.70. The number of hydrogen-bond donors (Lipinski definition) is 3. The van der Waals surface area contributed by atoms with Crippen molar-refractivity contribution < 1.29 is 53.1 Å². The molecular formula is C30H40N2O11. The molecule has 4 fully saturated rings. The average molecular weight is 605 g/mol. The maximum absolute atomic E-state index is 14.2. The van der Waals surface area contributed by atoms with Crippen LogP contribution in [0.4, 0.5) is 0 Å². The zero-order valence-corrected chi connectivity index (χ0v) is 24.6. The molecule has 1 amide bonds. The molecule has 4 aliphatic rings. The van der Waals surface area contributed by atoms with Crippen LogP contribution in [0.2, 0.25) is 0 Å². The fourth-order valence-corrected chi connectivity index (χ4v) is 6.30. The number of ether oxygens (including phenoxy) is 5. The summed E-state index contributed by atoms with van der Waals surface area (Å²) < 4.78 is 28.1. The van der Waals surface area contributed by atoms with Gasteiger partial charge in [-0.2, -0.15) is 5.06 Å². The summed E-state index contributed by atoms with van der Waals surface area (Å²) in [7, 11) is 0. The van der Waals surface area contributed by atoms with E-state index in [1.807, 2.05) is 24.3 Å². The van der Waals surface area contributed by atoms with Crippen molar-refractivity contribution in [2.45, 2.75) is 88.7 Å². The second kappa shape index (κ2) is 12.9. The first-order valence-electron chi connectivity index (χ1n) is 14.5. The average Bonchev–Trinajstić information content (AvgIpc) is 3.58. The van der Waals surface area contributed by atoms with E-state index < -0.39 is 72.0 Å². The Hall–Kier alpha value is -3.07. The molecule has 236 valence electrons. The van der Waals surface area contributed by atoms with E-state index in [0.29, 0.717) is 0 Å². The van der Waals surface area contributed by atoms with Gasteiger partial charge >= 0.3 is 11.9 Å². The molecule has 1 aromatic carbocycles. The Labute approximate surface area is 249 Å². The van der Waals surface area contributed by atoms with Gasteiger partial charge in [-0.15, -0.1) is 0 Å². The van der Waals surface area contributed by atoms with Gasteiger partial charge < -0.3 is 39.2 Å². The standard InChI is InChI=1S/C30H40N2O11/c1-29(2,3)42-22(35)9-8-20(16-34)31-28(37)30-14-21-23-24(40-17-39-23)26(30)43-32(25(30)27(36)41-21)15-19-7-5-4-6-18(19)10-12-38-13-11-33/h4-7,10,12,20-21,23-26,33-34H,8-9,11,13-17H2,1-3H3,(H,31,37). The molecule has 2 bridgehead atoms. The van der Waals surface area contributed by atoms with Crippen LogP contribution in [-0.4, -0.2) is 102 Å². The first kappa shape index (κ1) is 31.4. The largest absolute Gasteiger partial charge is 0.499 e. The van der Waals surface area contributed by atoms with Crippen molar-refractivity contribution in [2.75, 3.05) is 26.6 Å². The third-order valence-corrected chi connectivity index (χ3v) is 8.10. The van der Waals surface area contributed by atoms with Crippen molar-refractivity contribution in [2.24, 2.45) is 5.41 Å². The van der Waals surface area contributed by atoms with E-state index in [9.17, 15) is 19.5 Å². The van der Waals surface area contributed by atoms with Gasteiger partial charge in [0.25, 0.3) is 0 Å². The summed E-state index contributed by atoms with van der Waals surface area (Å²) in [4.78, 5) is 46.6. The van der Waals surface area contributed by atoms with Gasteiger partial charge in [-0.25, -0.2) is 0 Å². The lowest BCUT2D eigenvalue weighted by Gasteiger charge is -2.49. The molecule has 13 nitrogen and oxygen atoms in total. The topological polar surface area (TPSA) is 162 Å². The third kappa shape index (κ3) is 6.42. The van der Waals surface area contributed by atoms with Crippen LogP contribution in [0.5, 0.6) is 0 Å². The number of fused-ring (bicyclic) bond motifs is 4. The number of benzene rings is 1. The number of rotatable bonds is 12. The molecule has 0 spiro atoms. The van der Waals surface area contributed by atoms with Gasteiger partial charge in [-0.3, -0.25) is 19.2 Å². The summed E-state index contributed by atoms with van der Waals surface area (Å²) in [5.74, 6) is -1.55. The van der Waals surface area contributed by atoms with E-state index in [1.54, 1.807) is 26.8 Å². The second-order valence-electron chi connectivity index (χ2n) is 12.2. The lowest BCUT2D eigenvalue weighted by molar-refractivity contribution is -0.201. The Bertz CT molecular complexity index is 1220. The number of nitrogens with zero attached hydrogens (tertiary/aromatic N) is 1. The van der Waals surface area contributed by atoms with Crippen LogP contribution in [0.25, 0.3) is 6.08 Å². The quantitative estimate of drug-likeness (QED) is 0.175. The smallest absolute Gasteiger partial charge is 0.327 e. The van der Waals surface area contributed by atoms with Gasteiger partial charge in [0.1, 0.15) is 48.8 Å². The molecule has 7 atom stereocenters. The maximum atomic E-state index is 14.2. The summed E-state index contributed by atoms with van der Waals surface area (Å²) in [6.45, 7) is 5.03. The Balaban J connectivity index is 1.40. The highest BCUT2D eigenvalue weighted by molar-refractivity contribution is 5.93. The first-order chi connectivity index (χ1) is 20.6. The van der Waals surface area contributed by atoms with Crippen LogP contribution in [-0.2, 0) is 49.5 Å². The zero-order chi connectivity index (χ0) is 30.8. The second-order valence-corrected chi connectivity index (χ2v) is 12.2. The van der Waals surface area contributed by atoms with Crippen LogP contribution >= 0.6 is 0 Å². The minimum Gasteiger partial charge on any atom is -0.499 e. The monoisotopic (exact) mass is 604 g/mol. The number of esters is 2. The molecule has 1 aliphatic carbocycles. The molecule has 3 saturated heterocycles. The van der Waals surface area contributed by atoms with Gasteiger partial charge in [0.2, 0.25) is 5.91 Å². The Morgan fingerprint density at radius 3 is 2.72 bits per heavy atom. The molecular weight excluding hydrogens is 564 g/mol. The van der Waals surface area contributed by atoms with Crippen LogP contribution in [0.3, 0.4) is 0 Å². The summed E-state index contributed by atoms with van der Waals surface area (Å²) in [6.07, 6.45) is 0.666. The van der Waals surface area contributed by atoms with Gasteiger partial charge in [0.05, 0.1) is 32.1 Å². The van der Waals surface area contributed by atoms with Gasteiger partial charge in [-0.05, 0) is 44.4 Å². The van der Waals surface area contributed by atoms with Gasteiger partial charge in [0, 0.05) is 12.8 Å². The molecule has 1 saturated carbocycles. The lowest BCUT2D eigenvalue weighted by atomic mass is 9.62. The fourth-order valence-electron chi connectivity index (χ4n) is 6.30. The summed E-state index contributed by atoms with van der Waals surface area (Å²) in [5, 5.41) is 23.4. The molecule has 3 N–H and O–H groups in total. The highest BCUT2D eigenvalue weighted by Crippen LogP contribution is 2.55. The van der Waals surface area contributed by atoms with Gasteiger partial charge in [-0.1, -0.05) is 24.3 Å². The predicted molar refractivity (Wildman–Crippen MR) is 148 cm³/mol. The van der Waals surface area contributed by atoms with E-state index in [2.05, 4.69) is 5.32 Å². The van der Waals surface area contributed by atoms with E-state index in [1.165, 1.54) is 11.3 Å². The van der Waals surface area contributed by atoms with Crippen molar-refractivity contribution in [3.8, 4) is 0 Å². The Morgan fingerprint density at radius 1 is 1.21 bits per heavy atom. The SMILES string of the molecule is CC(C)(C)OC(=O)CCC(CO)NC(=O)C12CC3OC(=O)C1N(Cc1ccccc1C=COCCO)OC2C1OCOC31. The molecule has 0 radical (unpaired) electrons. The molecule has 3 heterocycles. The minimum absolute atomic E-state index is 0.0100. The van der Waals surface area contributed by atoms with Crippen molar-refractivity contribution >= 4 is 23.9 Å². The maximum Gasteiger partial charge on any atom is 0.327 e. The van der Waals surface area contributed by atoms with E-state index >= 15 is 0 Å². The van der Waals surface area contributed by atoms with Crippen molar-refractivity contribution in [1.29, 1.82) is 0 Å². The highest BCUT2D eigenvalue weighted by Gasteiger charge is 2.74. The Kier molecular flexibility index (Phi) is 9.40. The van der Waals surface area contributed by atoms with E-state index in [4.69, 9.17) is 33.6 Å². The summed E-state index contributed by atoms with van der Waals surface area (Å²) in [6, 6.07) is 5.58. The molecule has 13 heteroatoms. The molecule has 3 aliphatic heterocycles. The molecule has 43 heavy (non-hydrogen) atoms. The van der Waals surface area contributed by atoms with Gasteiger partial charge in [0.15, 0.2) is 6.04 Å². The number of carbonyl (C=O) groups is 3. The van der Waals surface area contributed by atoms with Crippen LogP contribution in [0.15, 0.2) is 30.5 Å². The number of hydrogen-bond acceptors (Lipinski definition) is 12. The van der Waals surface area contributed by atoms with Crippen LogP contribution in [0, 0.1) is 5.41 Å². The third-order valence-electron chi connectivity index (χ3n) is 8.10. The van der Waals surface area contributed by atoms with Crippen molar-refractivity contribution in [3.05, 3.63) is 41.7 Å². The number of nitrogens with one attached hydrogen (secondary N) is 1. The molecule has 5 rings (SSSR count). The van der Waals surface area contributed by atoms with E-state index in [0.717, 1.165) is 11.1 Å².